The van der Waals surface area contributed by atoms with Crippen molar-refractivity contribution in [3.05, 3.63) is 30.1 Å². The van der Waals surface area contributed by atoms with Crippen molar-refractivity contribution in [1.82, 2.24) is 10.3 Å². The van der Waals surface area contributed by atoms with E-state index >= 15 is 0 Å². The van der Waals surface area contributed by atoms with Gasteiger partial charge in [-0.25, -0.2) is 0 Å². The molecule has 1 fully saturated rings. The molecule has 2 heterocycles. The zero-order chi connectivity index (χ0) is 13.9. The molecular weight excluding hydrogens is 268 g/mol. The highest BCUT2D eigenvalue weighted by Crippen LogP contribution is 2.33. The average Bonchev–Trinajstić information content (AvgIpc) is 2.38. The predicted octanol–water partition coefficient (Wildman–Crippen LogP) is -0.350. The molecule has 0 spiro atoms. The molecule has 7 heteroatoms. The van der Waals surface area contributed by atoms with Gasteiger partial charge in [-0.05, 0) is 25.1 Å². The van der Waals surface area contributed by atoms with E-state index < -0.39 is 21.6 Å². The maximum atomic E-state index is 11.2. The first-order valence-corrected chi connectivity index (χ1v) is 7.90. The predicted molar refractivity (Wildman–Crippen MR) is 70.2 cm³/mol. The molecule has 2 rings (SSSR count). The van der Waals surface area contributed by atoms with Gasteiger partial charge in [-0.1, -0.05) is 6.07 Å². The van der Waals surface area contributed by atoms with Crippen LogP contribution in [0.4, 0.5) is 0 Å². The fraction of sp³-hybridized carbons (Fsp3) is 0.583. The Morgan fingerprint density at radius 2 is 2.37 bits per heavy atom. The van der Waals surface area contributed by atoms with E-state index in [-0.39, 0.29) is 6.61 Å². The van der Waals surface area contributed by atoms with Crippen molar-refractivity contribution >= 4 is 10.1 Å². The van der Waals surface area contributed by atoms with Crippen LogP contribution in [0.15, 0.2) is 24.4 Å². The number of aromatic nitrogens is 1. The molecule has 19 heavy (non-hydrogen) atoms. The normalized spacial score (nSPS) is 28.2. The summed E-state index contributed by atoms with van der Waals surface area (Å²) in [5.74, 6) is 0. The standard InChI is InChI=1S/C12H18N2O4S/c1-19(16,17)18-9-12(5-7-13-8-11(12)15)10-4-2-3-6-14-10/h2-4,6,11,13,15H,5,7-9H2,1H3/t11-,12-/m0/s1. The number of nitrogens with zero attached hydrogens (tertiary/aromatic N) is 1. The van der Waals surface area contributed by atoms with Crippen molar-refractivity contribution in [3.63, 3.8) is 0 Å². The first-order valence-electron chi connectivity index (χ1n) is 6.09. The third kappa shape index (κ3) is 3.30. The summed E-state index contributed by atoms with van der Waals surface area (Å²) in [6.45, 7) is 0.982. The number of nitrogens with one attached hydrogen (secondary N) is 1. The number of aliphatic hydroxyl groups is 1. The molecule has 0 saturated carbocycles. The van der Waals surface area contributed by atoms with Gasteiger partial charge in [0.2, 0.25) is 0 Å². The summed E-state index contributed by atoms with van der Waals surface area (Å²) >= 11 is 0. The van der Waals surface area contributed by atoms with Crippen LogP contribution in [-0.4, -0.2) is 50.6 Å². The third-order valence-electron chi connectivity index (χ3n) is 3.43. The Morgan fingerprint density at radius 1 is 1.58 bits per heavy atom. The van der Waals surface area contributed by atoms with Crippen molar-refractivity contribution in [2.75, 3.05) is 26.0 Å². The lowest BCUT2D eigenvalue weighted by Gasteiger charge is -2.40. The van der Waals surface area contributed by atoms with Crippen LogP contribution in [0.5, 0.6) is 0 Å². The van der Waals surface area contributed by atoms with Crippen LogP contribution >= 0.6 is 0 Å². The topological polar surface area (TPSA) is 88.5 Å². The molecule has 1 aromatic heterocycles. The van der Waals surface area contributed by atoms with Crippen molar-refractivity contribution in [2.45, 2.75) is 17.9 Å². The minimum Gasteiger partial charge on any atom is -0.391 e. The quantitative estimate of drug-likeness (QED) is 0.736. The van der Waals surface area contributed by atoms with Gasteiger partial charge in [-0.2, -0.15) is 8.42 Å². The largest absolute Gasteiger partial charge is 0.391 e. The van der Waals surface area contributed by atoms with Crippen molar-refractivity contribution in [2.24, 2.45) is 0 Å². The molecule has 0 aromatic carbocycles. The van der Waals surface area contributed by atoms with Crippen LogP contribution in [0.1, 0.15) is 12.1 Å². The maximum Gasteiger partial charge on any atom is 0.264 e. The van der Waals surface area contributed by atoms with Gasteiger partial charge in [-0.3, -0.25) is 9.17 Å². The third-order valence-corrected chi connectivity index (χ3v) is 3.98. The zero-order valence-electron chi connectivity index (χ0n) is 10.7. The molecule has 0 radical (unpaired) electrons. The van der Waals surface area contributed by atoms with E-state index in [9.17, 15) is 13.5 Å². The monoisotopic (exact) mass is 286 g/mol. The van der Waals surface area contributed by atoms with E-state index in [4.69, 9.17) is 4.18 Å². The highest BCUT2D eigenvalue weighted by molar-refractivity contribution is 7.85. The summed E-state index contributed by atoms with van der Waals surface area (Å²) in [5.41, 5.74) is -0.122. The number of piperidine rings is 1. The summed E-state index contributed by atoms with van der Waals surface area (Å²) in [5, 5.41) is 13.4. The van der Waals surface area contributed by atoms with E-state index in [0.717, 1.165) is 6.26 Å². The fourth-order valence-electron chi connectivity index (χ4n) is 2.32. The molecule has 2 N–H and O–H groups in total. The lowest BCUT2D eigenvalue weighted by atomic mass is 9.74. The Hall–Kier alpha value is -1.02. The van der Waals surface area contributed by atoms with Crippen LogP contribution in [0.3, 0.4) is 0 Å². The molecule has 6 nitrogen and oxygen atoms in total. The fourth-order valence-corrected chi connectivity index (χ4v) is 2.75. The second kappa shape index (κ2) is 5.54. The average molecular weight is 286 g/mol. The Balaban J connectivity index is 2.32. The minimum absolute atomic E-state index is 0.0916. The van der Waals surface area contributed by atoms with Gasteiger partial charge in [0.25, 0.3) is 10.1 Å². The molecule has 106 valence electrons. The summed E-state index contributed by atoms with van der Waals surface area (Å²) in [4.78, 5) is 4.26. The first-order chi connectivity index (χ1) is 8.94. The lowest BCUT2D eigenvalue weighted by Crippen LogP contribution is -2.55. The Labute approximate surface area is 112 Å². The van der Waals surface area contributed by atoms with E-state index in [0.29, 0.717) is 25.2 Å². The van der Waals surface area contributed by atoms with Gasteiger partial charge >= 0.3 is 0 Å². The Bertz CT molecular complexity index is 520. The molecule has 0 unspecified atom stereocenters. The van der Waals surface area contributed by atoms with Crippen LogP contribution in [-0.2, 0) is 19.7 Å². The highest BCUT2D eigenvalue weighted by atomic mass is 32.2. The first kappa shape index (κ1) is 14.4. The van der Waals surface area contributed by atoms with Gasteiger partial charge < -0.3 is 10.4 Å². The molecule has 1 aliphatic rings. The van der Waals surface area contributed by atoms with Gasteiger partial charge in [0, 0.05) is 12.7 Å². The van der Waals surface area contributed by atoms with Crippen LogP contribution in [0.2, 0.25) is 0 Å². The van der Waals surface area contributed by atoms with Crippen LogP contribution in [0, 0.1) is 0 Å². The maximum absolute atomic E-state index is 11.2. The van der Waals surface area contributed by atoms with E-state index in [1.54, 1.807) is 18.3 Å². The highest BCUT2D eigenvalue weighted by Gasteiger charge is 2.43. The number of β-amino-alcohol motifs (C(OH)–C–C–N with tert-alkyl or cyclic N) is 1. The second-order valence-corrected chi connectivity index (χ2v) is 6.45. The van der Waals surface area contributed by atoms with Crippen molar-refractivity contribution < 1.29 is 17.7 Å². The molecule has 1 aliphatic heterocycles. The van der Waals surface area contributed by atoms with Crippen molar-refractivity contribution in [3.8, 4) is 0 Å². The summed E-state index contributed by atoms with van der Waals surface area (Å²) in [6, 6.07) is 5.39. The molecule has 1 aromatic rings. The van der Waals surface area contributed by atoms with Gasteiger partial charge in [0.1, 0.15) is 0 Å². The summed E-state index contributed by atoms with van der Waals surface area (Å²) in [7, 11) is -3.55. The van der Waals surface area contributed by atoms with Crippen molar-refractivity contribution in [1.29, 1.82) is 0 Å². The molecular formula is C12H18N2O4S. The summed E-state index contributed by atoms with van der Waals surface area (Å²) in [6.07, 6.45) is 2.47. The SMILES string of the molecule is CS(=O)(=O)OC[C@]1(c2ccccn2)CCNC[C@@H]1O. The minimum atomic E-state index is -3.55. The van der Waals surface area contributed by atoms with Gasteiger partial charge in [0.05, 0.1) is 30.1 Å². The molecule has 0 amide bonds. The van der Waals surface area contributed by atoms with Gasteiger partial charge in [-0.15, -0.1) is 0 Å². The lowest BCUT2D eigenvalue weighted by molar-refractivity contribution is 0.0223. The molecule has 2 atom stereocenters. The van der Waals surface area contributed by atoms with E-state index in [1.165, 1.54) is 0 Å². The second-order valence-electron chi connectivity index (χ2n) is 4.81. The number of hydrogen-bond donors (Lipinski definition) is 2. The van der Waals surface area contributed by atoms with Crippen LogP contribution < -0.4 is 5.32 Å². The van der Waals surface area contributed by atoms with Gasteiger partial charge in [0.15, 0.2) is 0 Å². The number of aliphatic hydroxyl groups excluding tert-OH is 1. The zero-order valence-corrected chi connectivity index (χ0v) is 11.6. The number of hydrogen-bond acceptors (Lipinski definition) is 6. The van der Waals surface area contributed by atoms with E-state index in [2.05, 4.69) is 10.3 Å². The molecule has 1 saturated heterocycles. The number of pyridine rings is 1. The number of rotatable bonds is 4. The smallest absolute Gasteiger partial charge is 0.264 e. The summed E-state index contributed by atoms with van der Waals surface area (Å²) < 4.78 is 27.4. The molecule has 0 aliphatic carbocycles. The Morgan fingerprint density at radius 3 is 2.95 bits per heavy atom. The van der Waals surface area contributed by atoms with Crippen LogP contribution in [0.25, 0.3) is 0 Å². The van der Waals surface area contributed by atoms with E-state index in [1.807, 2.05) is 6.07 Å². The Kier molecular flexibility index (Phi) is 4.19. The molecule has 0 bridgehead atoms.